The average molecular weight is 403 g/mol. The molecule has 7 heteroatoms. The van der Waals surface area contributed by atoms with E-state index in [1.807, 2.05) is 25.1 Å². The van der Waals surface area contributed by atoms with Gasteiger partial charge in [0, 0.05) is 18.8 Å². The standard InChI is InChI=1S/C21H26N2O4S/c1-2-20(27-18-11-5-3-6-12-18)21(24)22-17-10-9-13-19(16-17)28(25,26)23-14-7-4-8-15-23/h3,5-6,9-13,16,20H,2,4,7-8,14-15H2,1H3,(H,22,24). The minimum absolute atomic E-state index is 0.198. The molecule has 1 heterocycles. The monoisotopic (exact) mass is 402 g/mol. The van der Waals surface area contributed by atoms with Crippen molar-refractivity contribution in [2.75, 3.05) is 18.4 Å². The van der Waals surface area contributed by atoms with Crippen molar-refractivity contribution in [1.82, 2.24) is 4.31 Å². The van der Waals surface area contributed by atoms with Gasteiger partial charge in [0.05, 0.1) is 4.90 Å². The molecule has 28 heavy (non-hydrogen) atoms. The summed E-state index contributed by atoms with van der Waals surface area (Å²) in [7, 11) is -3.54. The second kappa shape index (κ2) is 9.21. The molecule has 1 unspecified atom stereocenters. The van der Waals surface area contributed by atoms with Crippen molar-refractivity contribution in [1.29, 1.82) is 0 Å². The van der Waals surface area contributed by atoms with Gasteiger partial charge in [-0.1, -0.05) is 37.6 Å². The van der Waals surface area contributed by atoms with E-state index in [4.69, 9.17) is 4.74 Å². The number of hydrogen-bond donors (Lipinski definition) is 1. The van der Waals surface area contributed by atoms with Crippen LogP contribution in [0.3, 0.4) is 0 Å². The van der Waals surface area contributed by atoms with Crippen LogP contribution in [0.25, 0.3) is 0 Å². The van der Waals surface area contributed by atoms with Crippen molar-refractivity contribution in [2.45, 2.75) is 43.6 Å². The number of nitrogens with zero attached hydrogens (tertiary/aromatic N) is 1. The van der Waals surface area contributed by atoms with E-state index < -0.39 is 16.1 Å². The van der Waals surface area contributed by atoms with Gasteiger partial charge >= 0.3 is 0 Å². The minimum atomic E-state index is -3.54. The number of anilines is 1. The van der Waals surface area contributed by atoms with E-state index in [-0.39, 0.29) is 10.8 Å². The first-order valence-corrected chi connectivity index (χ1v) is 11.1. The number of carbonyl (C=O) groups excluding carboxylic acids is 1. The number of sulfonamides is 1. The van der Waals surface area contributed by atoms with E-state index in [1.54, 1.807) is 30.3 Å². The molecule has 0 saturated carbocycles. The SMILES string of the molecule is CCC(Oc1ccccc1)C(=O)Nc1cccc(S(=O)(=O)N2CCCCC2)c1. The lowest BCUT2D eigenvalue weighted by Crippen LogP contribution is -2.35. The summed E-state index contributed by atoms with van der Waals surface area (Å²) < 4.78 is 33.0. The first kappa shape index (κ1) is 20.4. The molecule has 150 valence electrons. The topological polar surface area (TPSA) is 75.7 Å². The zero-order valence-electron chi connectivity index (χ0n) is 16.0. The number of benzene rings is 2. The third kappa shape index (κ3) is 4.91. The molecule has 1 atom stereocenters. The summed E-state index contributed by atoms with van der Waals surface area (Å²) in [5, 5.41) is 2.78. The largest absolute Gasteiger partial charge is 0.481 e. The highest BCUT2D eigenvalue weighted by molar-refractivity contribution is 7.89. The van der Waals surface area contributed by atoms with Gasteiger partial charge in [-0.25, -0.2) is 8.42 Å². The van der Waals surface area contributed by atoms with Crippen LogP contribution >= 0.6 is 0 Å². The Morgan fingerprint density at radius 1 is 1.07 bits per heavy atom. The van der Waals surface area contributed by atoms with Crippen molar-refractivity contribution in [3.8, 4) is 5.75 Å². The Balaban J connectivity index is 1.72. The van der Waals surface area contributed by atoms with Gasteiger partial charge in [0.1, 0.15) is 5.75 Å². The number of para-hydroxylation sites is 1. The van der Waals surface area contributed by atoms with Crippen molar-refractivity contribution >= 4 is 21.6 Å². The Labute approximate surface area is 166 Å². The van der Waals surface area contributed by atoms with E-state index in [9.17, 15) is 13.2 Å². The lowest BCUT2D eigenvalue weighted by molar-refractivity contribution is -0.122. The van der Waals surface area contributed by atoms with Crippen LogP contribution in [0.2, 0.25) is 0 Å². The van der Waals surface area contributed by atoms with E-state index in [0.717, 1.165) is 19.3 Å². The predicted octanol–water partition coefficient (Wildman–Crippen LogP) is 3.66. The van der Waals surface area contributed by atoms with Crippen molar-refractivity contribution in [3.63, 3.8) is 0 Å². The normalized spacial score (nSPS) is 16.3. The van der Waals surface area contributed by atoms with E-state index in [1.165, 1.54) is 10.4 Å². The van der Waals surface area contributed by atoms with Gasteiger partial charge in [0.2, 0.25) is 10.0 Å². The molecule has 2 aromatic carbocycles. The Bertz CT molecular complexity index is 894. The highest BCUT2D eigenvalue weighted by Crippen LogP contribution is 2.23. The fourth-order valence-corrected chi connectivity index (χ4v) is 4.76. The first-order valence-electron chi connectivity index (χ1n) is 9.63. The molecule has 1 saturated heterocycles. The molecule has 1 aliphatic heterocycles. The molecule has 0 bridgehead atoms. The zero-order chi connectivity index (χ0) is 20.0. The number of amides is 1. The highest BCUT2D eigenvalue weighted by Gasteiger charge is 2.26. The lowest BCUT2D eigenvalue weighted by Gasteiger charge is -2.26. The van der Waals surface area contributed by atoms with Gasteiger partial charge in [-0.15, -0.1) is 0 Å². The number of rotatable bonds is 7. The molecule has 1 aliphatic rings. The first-order chi connectivity index (χ1) is 13.5. The maximum absolute atomic E-state index is 12.8. The second-order valence-corrected chi connectivity index (χ2v) is 8.75. The minimum Gasteiger partial charge on any atom is -0.481 e. The van der Waals surface area contributed by atoms with Crippen LogP contribution < -0.4 is 10.1 Å². The Morgan fingerprint density at radius 2 is 1.79 bits per heavy atom. The molecule has 0 aromatic heterocycles. The molecule has 0 radical (unpaired) electrons. The smallest absolute Gasteiger partial charge is 0.265 e. The average Bonchev–Trinajstić information content (AvgIpc) is 2.73. The summed E-state index contributed by atoms with van der Waals surface area (Å²) in [6.45, 7) is 2.95. The van der Waals surface area contributed by atoms with Crippen molar-refractivity contribution < 1.29 is 17.9 Å². The van der Waals surface area contributed by atoms with Crippen LogP contribution in [0, 0.1) is 0 Å². The number of ether oxygens (including phenoxy) is 1. The summed E-state index contributed by atoms with van der Waals surface area (Å²) >= 11 is 0. The summed E-state index contributed by atoms with van der Waals surface area (Å²) in [6, 6.07) is 15.6. The summed E-state index contributed by atoms with van der Waals surface area (Å²) in [5.41, 5.74) is 0.443. The highest BCUT2D eigenvalue weighted by atomic mass is 32.2. The lowest BCUT2D eigenvalue weighted by atomic mass is 10.2. The molecule has 0 aliphatic carbocycles. The molecule has 0 spiro atoms. The molecular weight excluding hydrogens is 376 g/mol. The summed E-state index contributed by atoms with van der Waals surface area (Å²) in [5.74, 6) is 0.310. The third-order valence-corrected chi connectivity index (χ3v) is 6.63. The van der Waals surface area contributed by atoms with E-state index >= 15 is 0 Å². The molecule has 6 nitrogen and oxygen atoms in total. The van der Waals surface area contributed by atoms with Gasteiger partial charge in [0.25, 0.3) is 5.91 Å². The third-order valence-electron chi connectivity index (χ3n) is 4.74. The summed E-state index contributed by atoms with van der Waals surface area (Å²) in [6.07, 6.45) is 2.65. The summed E-state index contributed by atoms with van der Waals surface area (Å²) in [4.78, 5) is 12.8. The molecule has 1 amide bonds. The molecule has 1 fully saturated rings. The van der Waals surface area contributed by atoms with Crippen LogP contribution in [0.5, 0.6) is 5.75 Å². The fraction of sp³-hybridized carbons (Fsp3) is 0.381. The van der Waals surface area contributed by atoms with Gasteiger partial charge in [0.15, 0.2) is 6.10 Å². The maximum Gasteiger partial charge on any atom is 0.265 e. The van der Waals surface area contributed by atoms with Gasteiger partial charge in [-0.3, -0.25) is 4.79 Å². The number of hydrogen-bond acceptors (Lipinski definition) is 4. The molecule has 2 aromatic rings. The Hall–Kier alpha value is -2.38. The zero-order valence-corrected chi connectivity index (χ0v) is 16.8. The molecule has 3 rings (SSSR count). The number of carbonyl (C=O) groups is 1. The Kier molecular flexibility index (Phi) is 6.70. The van der Waals surface area contributed by atoms with Gasteiger partial charge < -0.3 is 10.1 Å². The second-order valence-electron chi connectivity index (χ2n) is 6.81. The van der Waals surface area contributed by atoms with Gasteiger partial charge in [-0.2, -0.15) is 4.31 Å². The van der Waals surface area contributed by atoms with Crippen molar-refractivity contribution in [3.05, 3.63) is 54.6 Å². The van der Waals surface area contributed by atoms with Gasteiger partial charge in [-0.05, 0) is 49.6 Å². The quantitative estimate of drug-likeness (QED) is 0.767. The van der Waals surface area contributed by atoms with Crippen molar-refractivity contribution in [2.24, 2.45) is 0 Å². The molecular formula is C21H26N2O4S. The number of nitrogens with one attached hydrogen (secondary N) is 1. The van der Waals surface area contributed by atoms with E-state index in [2.05, 4.69) is 5.32 Å². The fourth-order valence-electron chi connectivity index (χ4n) is 3.20. The van der Waals surface area contributed by atoms with Crippen LogP contribution in [0.4, 0.5) is 5.69 Å². The number of piperidine rings is 1. The predicted molar refractivity (Wildman–Crippen MR) is 109 cm³/mol. The van der Waals surface area contributed by atoms with Crippen LogP contribution in [0.1, 0.15) is 32.6 Å². The maximum atomic E-state index is 12.8. The van der Waals surface area contributed by atoms with Crippen LogP contribution in [-0.4, -0.2) is 37.8 Å². The Morgan fingerprint density at radius 3 is 2.46 bits per heavy atom. The van der Waals surface area contributed by atoms with Crippen LogP contribution in [-0.2, 0) is 14.8 Å². The molecule has 1 N–H and O–H groups in total. The van der Waals surface area contributed by atoms with E-state index in [0.29, 0.717) is 30.9 Å². The van der Waals surface area contributed by atoms with Crippen LogP contribution in [0.15, 0.2) is 59.5 Å².